The minimum Gasteiger partial charge on any atom is -0.391 e. The van der Waals surface area contributed by atoms with Gasteiger partial charge in [0.1, 0.15) is 12.3 Å². The van der Waals surface area contributed by atoms with Crippen LogP contribution in [-0.4, -0.2) is 49.2 Å². The van der Waals surface area contributed by atoms with Crippen molar-refractivity contribution >= 4 is 5.78 Å². The number of hydrogen-bond donors (Lipinski definition) is 1. The van der Waals surface area contributed by atoms with E-state index in [1.807, 2.05) is 13.8 Å². The molecule has 0 bridgehead atoms. The van der Waals surface area contributed by atoms with E-state index in [-0.39, 0.29) is 12.5 Å². The molecule has 0 saturated carbocycles. The van der Waals surface area contributed by atoms with Crippen molar-refractivity contribution in [1.82, 2.24) is 0 Å². The zero-order chi connectivity index (χ0) is 11.9. The first-order valence-electron chi connectivity index (χ1n) is 5.84. The summed E-state index contributed by atoms with van der Waals surface area (Å²) < 4.78 is 0.840. The van der Waals surface area contributed by atoms with Gasteiger partial charge >= 0.3 is 0 Å². The van der Waals surface area contributed by atoms with Crippen LogP contribution in [0.3, 0.4) is 0 Å². The zero-order valence-electron chi connectivity index (χ0n) is 10.6. The van der Waals surface area contributed by atoms with Gasteiger partial charge < -0.3 is 9.59 Å². The summed E-state index contributed by atoms with van der Waals surface area (Å²) in [4.78, 5) is 11.3. The number of nitrogens with zero attached hydrogens (tertiary/aromatic N) is 1. The minimum atomic E-state index is 0.171. The average Bonchev–Trinajstić information content (AvgIpc) is 2.11. The van der Waals surface area contributed by atoms with Gasteiger partial charge in [-0.15, -0.1) is 0 Å². The smallest absolute Gasteiger partial charge is 0.135 e. The van der Waals surface area contributed by atoms with Crippen molar-refractivity contribution < 1.29 is 14.4 Å². The fourth-order valence-electron chi connectivity index (χ4n) is 1.51. The van der Waals surface area contributed by atoms with Crippen LogP contribution >= 0.6 is 0 Å². The second kappa shape index (κ2) is 6.96. The van der Waals surface area contributed by atoms with Crippen molar-refractivity contribution in [3.8, 4) is 0 Å². The van der Waals surface area contributed by atoms with Gasteiger partial charge in [-0.2, -0.15) is 0 Å². The number of Topliss-reactive ketones (excluding diaryl/α,β-unsaturated/α-hetero) is 1. The molecule has 0 unspecified atom stereocenters. The summed E-state index contributed by atoms with van der Waals surface area (Å²) in [7, 11) is 4.22. The summed E-state index contributed by atoms with van der Waals surface area (Å²) >= 11 is 0. The molecule has 90 valence electrons. The highest BCUT2D eigenvalue weighted by Gasteiger charge is 2.14. The monoisotopic (exact) mass is 216 g/mol. The maximum Gasteiger partial charge on any atom is 0.135 e. The summed E-state index contributed by atoms with van der Waals surface area (Å²) in [6.07, 6.45) is 2.74. The normalized spacial score (nSPS) is 12.1. The largest absolute Gasteiger partial charge is 0.391 e. The van der Waals surface area contributed by atoms with E-state index in [1.165, 1.54) is 0 Å². The first-order valence-corrected chi connectivity index (χ1v) is 5.84. The quantitative estimate of drug-likeness (QED) is 0.492. The molecule has 1 N–H and O–H groups in total. The Morgan fingerprint density at radius 3 is 2.27 bits per heavy atom. The van der Waals surface area contributed by atoms with Crippen molar-refractivity contribution in [1.29, 1.82) is 0 Å². The molecule has 15 heavy (non-hydrogen) atoms. The molecule has 0 aromatic rings. The van der Waals surface area contributed by atoms with Gasteiger partial charge in [-0.05, 0) is 12.8 Å². The Kier molecular flexibility index (Phi) is 6.77. The standard InChI is InChI=1S/C12H26NO2/c1-11(2)12(15)7-5-6-8-13(3,4)9-10-14/h11,14H,5-10H2,1-4H3/q+1. The van der Waals surface area contributed by atoms with E-state index in [1.54, 1.807) is 0 Å². The number of carbonyl (C=O) groups excluding carboxylic acids is 1. The highest BCUT2D eigenvalue weighted by molar-refractivity contribution is 5.80. The summed E-state index contributed by atoms with van der Waals surface area (Å²) in [5.41, 5.74) is 0. The Labute approximate surface area is 93.7 Å². The predicted octanol–water partition coefficient (Wildman–Crippen LogP) is 1.45. The number of carbonyl (C=O) groups is 1. The van der Waals surface area contributed by atoms with Crippen molar-refractivity contribution in [3.63, 3.8) is 0 Å². The lowest BCUT2D eigenvalue weighted by molar-refractivity contribution is -0.890. The van der Waals surface area contributed by atoms with Gasteiger partial charge in [0.2, 0.25) is 0 Å². The molecule has 0 radical (unpaired) electrons. The van der Waals surface area contributed by atoms with E-state index >= 15 is 0 Å². The average molecular weight is 216 g/mol. The highest BCUT2D eigenvalue weighted by Crippen LogP contribution is 2.07. The maximum absolute atomic E-state index is 11.3. The Hall–Kier alpha value is -0.410. The van der Waals surface area contributed by atoms with Crippen LogP contribution in [0.25, 0.3) is 0 Å². The number of unbranched alkanes of at least 4 members (excludes halogenated alkanes) is 1. The predicted molar refractivity (Wildman–Crippen MR) is 62.6 cm³/mol. The number of likely N-dealkylation sites (N-methyl/N-ethyl adjacent to an activating group) is 1. The number of ketones is 1. The molecule has 0 aromatic carbocycles. The lowest BCUT2D eigenvalue weighted by Crippen LogP contribution is -2.42. The third kappa shape index (κ3) is 7.51. The fourth-order valence-corrected chi connectivity index (χ4v) is 1.51. The number of aliphatic hydroxyl groups excluding tert-OH is 1. The third-order valence-electron chi connectivity index (χ3n) is 2.79. The van der Waals surface area contributed by atoms with E-state index in [2.05, 4.69) is 14.1 Å². The van der Waals surface area contributed by atoms with Crippen molar-refractivity contribution in [2.24, 2.45) is 5.92 Å². The molecule has 3 nitrogen and oxygen atoms in total. The van der Waals surface area contributed by atoms with Gasteiger partial charge in [0, 0.05) is 12.3 Å². The summed E-state index contributed by atoms with van der Waals surface area (Å²) in [6.45, 7) is 5.96. The first-order chi connectivity index (χ1) is 6.89. The maximum atomic E-state index is 11.3. The second-order valence-corrected chi connectivity index (χ2v) is 5.18. The fraction of sp³-hybridized carbons (Fsp3) is 0.917. The van der Waals surface area contributed by atoms with Crippen LogP contribution in [-0.2, 0) is 4.79 Å². The van der Waals surface area contributed by atoms with Crippen molar-refractivity contribution in [2.45, 2.75) is 33.1 Å². The Bertz CT molecular complexity index is 188. The molecular formula is C12H26NO2+. The lowest BCUT2D eigenvalue weighted by Gasteiger charge is -2.28. The summed E-state index contributed by atoms with van der Waals surface area (Å²) in [5, 5.41) is 8.85. The molecule has 0 spiro atoms. The number of aliphatic hydroxyl groups is 1. The zero-order valence-corrected chi connectivity index (χ0v) is 10.6. The molecule has 0 aliphatic heterocycles. The van der Waals surface area contributed by atoms with Crippen LogP contribution < -0.4 is 0 Å². The Balaban J connectivity index is 3.58. The SMILES string of the molecule is CC(C)C(=O)CCCC[N+](C)(C)CCO. The van der Waals surface area contributed by atoms with E-state index in [4.69, 9.17) is 5.11 Å². The minimum absolute atomic E-state index is 0.171. The van der Waals surface area contributed by atoms with Crippen LogP contribution in [0.4, 0.5) is 0 Å². The van der Waals surface area contributed by atoms with Crippen molar-refractivity contribution in [2.75, 3.05) is 33.8 Å². The first kappa shape index (κ1) is 14.6. The third-order valence-corrected chi connectivity index (χ3v) is 2.79. The van der Waals surface area contributed by atoms with Crippen LogP contribution in [0.15, 0.2) is 0 Å². The molecule has 3 heteroatoms. The molecule has 0 saturated heterocycles. The van der Waals surface area contributed by atoms with Crippen LogP contribution in [0.5, 0.6) is 0 Å². The van der Waals surface area contributed by atoms with Crippen LogP contribution in [0.1, 0.15) is 33.1 Å². The Morgan fingerprint density at radius 1 is 1.20 bits per heavy atom. The van der Waals surface area contributed by atoms with E-state index in [0.717, 1.165) is 30.4 Å². The number of rotatable bonds is 8. The molecule has 0 amide bonds. The molecule has 0 atom stereocenters. The topological polar surface area (TPSA) is 37.3 Å². The molecule has 0 aromatic heterocycles. The van der Waals surface area contributed by atoms with Crippen LogP contribution in [0, 0.1) is 5.92 Å². The highest BCUT2D eigenvalue weighted by atomic mass is 16.3. The van der Waals surface area contributed by atoms with E-state index in [0.29, 0.717) is 12.2 Å². The molecule has 0 aliphatic rings. The lowest BCUT2D eigenvalue weighted by atomic mass is 10.0. The van der Waals surface area contributed by atoms with Gasteiger partial charge in [-0.1, -0.05) is 13.8 Å². The number of hydrogen-bond acceptors (Lipinski definition) is 2. The molecular weight excluding hydrogens is 190 g/mol. The van der Waals surface area contributed by atoms with Gasteiger partial charge in [-0.25, -0.2) is 0 Å². The van der Waals surface area contributed by atoms with Gasteiger partial charge in [-0.3, -0.25) is 4.79 Å². The van der Waals surface area contributed by atoms with Crippen molar-refractivity contribution in [3.05, 3.63) is 0 Å². The van der Waals surface area contributed by atoms with Gasteiger partial charge in [0.15, 0.2) is 0 Å². The number of quaternary nitrogens is 1. The van der Waals surface area contributed by atoms with Crippen LogP contribution in [0.2, 0.25) is 0 Å². The molecule has 0 fully saturated rings. The summed E-state index contributed by atoms with van der Waals surface area (Å²) in [5.74, 6) is 0.535. The van der Waals surface area contributed by atoms with E-state index in [9.17, 15) is 4.79 Å². The van der Waals surface area contributed by atoms with Gasteiger partial charge in [0.25, 0.3) is 0 Å². The molecule has 0 heterocycles. The van der Waals surface area contributed by atoms with E-state index < -0.39 is 0 Å². The molecule has 0 rings (SSSR count). The van der Waals surface area contributed by atoms with Gasteiger partial charge in [0.05, 0.1) is 27.2 Å². The second-order valence-electron chi connectivity index (χ2n) is 5.18. The Morgan fingerprint density at radius 2 is 1.80 bits per heavy atom. The summed E-state index contributed by atoms with van der Waals surface area (Å²) in [6, 6.07) is 0. The molecule has 0 aliphatic carbocycles.